The van der Waals surface area contributed by atoms with Crippen LogP contribution in [0.15, 0.2) is 72.8 Å². The van der Waals surface area contributed by atoms with E-state index in [1.165, 1.54) is 0 Å². The molecule has 1 aliphatic heterocycles. The molecule has 192 valence electrons. The van der Waals surface area contributed by atoms with E-state index in [1.54, 1.807) is 0 Å². The Kier molecular flexibility index (Phi) is 6.66. The molecule has 1 amide bonds. The first-order chi connectivity index (χ1) is 18.6. The monoisotopic (exact) mass is 525 g/mol. The summed E-state index contributed by atoms with van der Waals surface area (Å²) in [5.74, 6) is 0.528. The molecule has 1 aliphatic rings. The van der Waals surface area contributed by atoms with E-state index in [-0.39, 0.29) is 24.3 Å². The van der Waals surface area contributed by atoms with Crippen molar-refractivity contribution in [3.05, 3.63) is 94.9 Å². The van der Waals surface area contributed by atoms with Crippen molar-refractivity contribution in [2.45, 2.75) is 32.0 Å². The number of para-hydroxylation sites is 1. The lowest BCUT2D eigenvalue weighted by atomic mass is 10.0. The predicted octanol–water partition coefficient (Wildman–Crippen LogP) is 4.54. The Bertz CT molecular complexity index is 1630. The fraction of sp³-hybridized carbons (Fsp3) is 0.241. The Morgan fingerprint density at radius 1 is 0.974 bits per heavy atom. The first-order valence-electron chi connectivity index (χ1n) is 12.8. The van der Waals surface area contributed by atoms with Crippen molar-refractivity contribution in [1.29, 1.82) is 0 Å². The molecule has 0 radical (unpaired) electrons. The summed E-state index contributed by atoms with van der Waals surface area (Å²) in [5, 5.41) is 15.6. The zero-order chi connectivity index (χ0) is 26.1. The largest absolute Gasteiger partial charge is 0.344 e. The number of benzene rings is 3. The highest BCUT2D eigenvalue weighted by Gasteiger charge is 2.26. The Balaban J connectivity index is 1.33. The molecule has 0 saturated carbocycles. The molecule has 3 heterocycles. The maximum Gasteiger partial charge on any atom is 0.289 e. The lowest BCUT2D eigenvalue weighted by molar-refractivity contribution is 0.0936. The molecular weight excluding hydrogens is 498 g/mol. The van der Waals surface area contributed by atoms with Crippen molar-refractivity contribution in [2.24, 2.45) is 5.73 Å². The molecule has 1 fully saturated rings. The molecule has 1 saturated heterocycles. The summed E-state index contributed by atoms with van der Waals surface area (Å²) >= 11 is 6.48. The number of hydrogen-bond donors (Lipinski definition) is 2. The predicted molar refractivity (Wildman–Crippen MR) is 150 cm³/mol. The fourth-order valence-electron chi connectivity index (χ4n) is 5.18. The number of nitrogens with zero attached hydrogens (tertiary/aromatic N) is 5. The molecule has 8 nitrogen and oxygen atoms in total. The lowest BCUT2D eigenvalue weighted by Crippen LogP contribution is -2.44. The van der Waals surface area contributed by atoms with Crippen LogP contribution in [0.2, 0.25) is 5.02 Å². The van der Waals surface area contributed by atoms with Gasteiger partial charge in [-0.2, -0.15) is 0 Å². The number of amides is 1. The minimum atomic E-state index is -0.323. The summed E-state index contributed by atoms with van der Waals surface area (Å²) in [4.78, 5) is 20.5. The number of anilines is 1. The second-order valence-electron chi connectivity index (χ2n) is 9.65. The van der Waals surface area contributed by atoms with E-state index < -0.39 is 0 Å². The van der Waals surface area contributed by atoms with Gasteiger partial charge in [-0.3, -0.25) is 14.3 Å². The Morgan fingerprint density at radius 3 is 2.53 bits per heavy atom. The molecule has 38 heavy (non-hydrogen) atoms. The maximum atomic E-state index is 13.5. The second kappa shape index (κ2) is 10.4. The smallest absolute Gasteiger partial charge is 0.289 e. The SMILES string of the molecule is NC1CCCN(c2nnc(C(=O)NCc3nc4ccccc4c4ccccc34)n2Cc2ccccc2Cl)C1. The summed E-state index contributed by atoms with van der Waals surface area (Å²) in [5.41, 5.74) is 8.82. The number of piperidine rings is 1. The van der Waals surface area contributed by atoms with E-state index >= 15 is 0 Å². The molecule has 1 atom stereocenters. The number of aromatic nitrogens is 4. The number of nitrogens with two attached hydrogens (primary N) is 1. The summed E-state index contributed by atoms with van der Waals surface area (Å²) in [7, 11) is 0. The van der Waals surface area contributed by atoms with Gasteiger partial charge in [-0.05, 0) is 35.9 Å². The molecule has 2 aromatic heterocycles. The van der Waals surface area contributed by atoms with Crippen molar-refractivity contribution in [3.63, 3.8) is 0 Å². The molecule has 9 heteroatoms. The number of rotatable bonds is 6. The Hall–Kier alpha value is -4.01. The van der Waals surface area contributed by atoms with Crippen LogP contribution in [0.1, 0.15) is 34.7 Å². The quantitative estimate of drug-likeness (QED) is 0.316. The third-order valence-corrected chi connectivity index (χ3v) is 7.43. The van der Waals surface area contributed by atoms with E-state index in [4.69, 9.17) is 22.3 Å². The molecule has 1 unspecified atom stereocenters. The molecule has 0 spiro atoms. The Labute approximate surface area is 225 Å². The zero-order valence-corrected chi connectivity index (χ0v) is 21.6. The highest BCUT2D eigenvalue weighted by molar-refractivity contribution is 6.31. The lowest BCUT2D eigenvalue weighted by Gasteiger charge is -2.31. The summed E-state index contributed by atoms with van der Waals surface area (Å²) in [6.07, 6.45) is 1.93. The van der Waals surface area contributed by atoms with Gasteiger partial charge in [-0.15, -0.1) is 10.2 Å². The fourth-order valence-corrected chi connectivity index (χ4v) is 5.38. The molecule has 0 bridgehead atoms. The van der Waals surface area contributed by atoms with Crippen molar-refractivity contribution in [3.8, 4) is 0 Å². The van der Waals surface area contributed by atoms with Gasteiger partial charge in [0, 0.05) is 34.9 Å². The van der Waals surface area contributed by atoms with Crippen LogP contribution in [0.3, 0.4) is 0 Å². The average Bonchev–Trinajstić information content (AvgIpc) is 3.36. The number of hydrogen-bond acceptors (Lipinski definition) is 6. The number of halogens is 1. The minimum Gasteiger partial charge on any atom is -0.344 e. The highest BCUT2D eigenvalue weighted by Crippen LogP contribution is 2.27. The van der Waals surface area contributed by atoms with Gasteiger partial charge in [0.05, 0.1) is 24.3 Å². The van der Waals surface area contributed by atoms with E-state index in [0.717, 1.165) is 52.3 Å². The minimum absolute atomic E-state index is 0.0544. The maximum absolute atomic E-state index is 13.5. The molecule has 0 aliphatic carbocycles. The van der Waals surface area contributed by atoms with Gasteiger partial charge in [0.2, 0.25) is 11.8 Å². The van der Waals surface area contributed by atoms with E-state index in [9.17, 15) is 4.79 Å². The number of carbonyl (C=O) groups excluding carboxylic acids is 1. The summed E-state index contributed by atoms with van der Waals surface area (Å²) < 4.78 is 1.83. The molecule has 6 rings (SSSR count). The van der Waals surface area contributed by atoms with Crippen LogP contribution in [0.25, 0.3) is 21.7 Å². The van der Waals surface area contributed by atoms with Gasteiger partial charge in [0.25, 0.3) is 5.91 Å². The van der Waals surface area contributed by atoms with Crippen LogP contribution in [-0.4, -0.2) is 44.8 Å². The average molecular weight is 526 g/mol. The van der Waals surface area contributed by atoms with Gasteiger partial charge in [0.15, 0.2) is 0 Å². The normalized spacial score (nSPS) is 15.7. The molecule has 3 aromatic carbocycles. The van der Waals surface area contributed by atoms with Crippen molar-refractivity contribution in [2.75, 3.05) is 18.0 Å². The highest BCUT2D eigenvalue weighted by atomic mass is 35.5. The second-order valence-corrected chi connectivity index (χ2v) is 10.1. The molecule has 3 N–H and O–H groups in total. The summed E-state index contributed by atoms with van der Waals surface area (Å²) in [6, 6.07) is 23.8. The van der Waals surface area contributed by atoms with Gasteiger partial charge in [0.1, 0.15) is 0 Å². The van der Waals surface area contributed by atoms with Crippen LogP contribution < -0.4 is 16.0 Å². The van der Waals surface area contributed by atoms with Gasteiger partial charge in [-0.1, -0.05) is 72.3 Å². The van der Waals surface area contributed by atoms with E-state index in [2.05, 4.69) is 32.5 Å². The number of nitrogens with one attached hydrogen (secondary N) is 1. The van der Waals surface area contributed by atoms with Crippen LogP contribution in [0.4, 0.5) is 5.95 Å². The zero-order valence-electron chi connectivity index (χ0n) is 20.8. The third-order valence-electron chi connectivity index (χ3n) is 7.07. The van der Waals surface area contributed by atoms with Crippen LogP contribution in [-0.2, 0) is 13.1 Å². The van der Waals surface area contributed by atoms with Crippen molar-refractivity contribution >= 4 is 45.1 Å². The van der Waals surface area contributed by atoms with Crippen LogP contribution >= 0.6 is 11.6 Å². The summed E-state index contributed by atoms with van der Waals surface area (Å²) in [6.45, 7) is 2.10. The number of carbonyl (C=O) groups is 1. The third kappa shape index (κ3) is 4.68. The number of pyridine rings is 1. The van der Waals surface area contributed by atoms with Crippen LogP contribution in [0, 0.1) is 0 Å². The first kappa shape index (κ1) is 24.3. The van der Waals surface area contributed by atoms with E-state index in [0.29, 0.717) is 24.1 Å². The standard InChI is InChI=1S/C29H28ClN7O/c30-24-13-5-1-8-19(24)17-37-27(34-35-29(37)36-15-7-9-20(31)18-36)28(38)32-16-26-23-12-3-2-10-21(23)22-11-4-6-14-25(22)33-26/h1-6,8,10-14,20H,7,9,15-18,31H2,(H,32,38). The Morgan fingerprint density at radius 2 is 1.71 bits per heavy atom. The van der Waals surface area contributed by atoms with E-state index in [1.807, 2.05) is 65.2 Å². The molecule has 5 aromatic rings. The van der Waals surface area contributed by atoms with Crippen molar-refractivity contribution in [1.82, 2.24) is 25.1 Å². The van der Waals surface area contributed by atoms with Gasteiger partial charge >= 0.3 is 0 Å². The van der Waals surface area contributed by atoms with Gasteiger partial charge < -0.3 is 16.0 Å². The molecular formula is C29H28ClN7O. The van der Waals surface area contributed by atoms with Crippen LogP contribution in [0.5, 0.6) is 0 Å². The topological polar surface area (TPSA) is 102 Å². The number of fused-ring (bicyclic) bond motifs is 3. The van der Waals surface area contributed by atoms with Gasteiger partial charge in [-0.25, -0.2) is 0 Å². The first-order valence-corrected chi connectivity index (χ1v) is 13.2. The van der Waals surface area contributed by atoms with Crippen molar-refractivity contribution < 1.29 is 4.79 Å².